The fourth-order valence-electron chi connectivity index (χ4n) is 2.67. The molecule has 2 rings (SSSR count). The Hall–Kier alpha value is -1.75. The van der Waals surface area contributed by atoms with E-state index in [1.807, 2.05) is 20.8 Å². The summed E-state index contributed by atoms with van der Waals surface area (Å²) in [5.74, 6) is 1.62. The van der Waals surface area contributed by atoms with E-state index in [1.165, 1.54) is 5.56 Å². The molecule has 0 atom stereocenters. The van der Waals surface area contributed by atoms with Crippen LogP contribution in [0, 0.1) is 6.92 Å². The predicted octanol–water partition coefficient (Wildman–Crippen LogP) is 2.75. The molecule has 1 aromatic rings. The Bertz CT molecular complexity index is 566. The highest BCUT2D eigenvalue weighted by Gasteiger charge is 2.34. The third-order valence-electron chi connectivity index (χ3n) is 4.21. The van der Waals surface area contributed by atoms with E-state index in [1.54, 1.807) is 0 Å². The summed E-state index contributed by atoms with van der Waals surface area (Å²) in [5, 5.41) is 16.7. The first-order valence-corrected chi connectivity index (χ1v) is 8.92. The van der Waals surface area contributed by atoms with Crippen LogP contribution >= 0.6 is 0 Å². The van der Waals surface area contributed by atoms with Crippen LogP contribution in [0.2, 0.25) is 0 Å². The maximum Gasteiger partial charge on any atom is 0.191 e. The zero-order valence-electron chi connectivity index (χ0n) is 15.4. The summed E-state index contributed by atoms with van der Waals surface area (Å²) in [6.07, 6.45) is 2.97. The molecule has 1 aromatic carbocycles. The zero-order valence-corrected chi connectivity index (χ0v) is 15.4. The number of aryl methyl sites for hydroxylation is 1. The number of rotatable bonds is 7. The van der Waals surface area contributed by atoms with Crippen LogP contribution in [0.3, 0.4) is 0 Å². The van der Waals surface area contributed by atoms with Gasteiger partial charge in [0.1, 0.15) is 5.75 Å². The number of aliphatic imine (C=N–C) groups is 1. The number of nitrogens with zero attached hydrogens (tertiary/aromatic N) is 1. The Morgan fingerprint density at radius 2 is 2.08 bits per heavy atom. The van der Waals surface area contributed by atoms with E-state index in [-0.39, 0.29) is 6.10 Å². The maximum absolute atomic E-state index is 10.2. The van der Waals surface area contributed by atoms with Crippen LogP contribution < -0.4 is 15.4 Å². The Balaban J connectivity index is 2.04. The molecule has 0 radical (unpaired) electrons. The molecule has 5 heteroatoms. The summed E-state index contributed by atoms with van der Waals surface area (Å²) in [7, 11) is 0. The van der Waals surface area contributed by atoms with Crippen LogP contribution in [0.25, 0.3) is 0 Å². The van der Waals surface area contributed by atoms with Crippen LogP contribution in [-0.4, -0.2) is 35.9 Å². The molecule has 0 spiro atoms. The first kappa shape index (κ1) is 18.6. The molecule has 1 aliphatic rings. The number of hydrogen-bond donors (Lipinski definition) is 3. The molecule has 134 valence electrons. The lowest BCUT2D eigenvalue weighted by Gasteiger charge is -2.37. The molecule has 0 bridgehead atoms. The minimum Gasteiger partial charge on any atom is -0.491 e. The lowest BCUT2D eigenvalue weighted by molar-refractivity contribution is -0.0279. The number of nitrogens with one attached hydrogen (secondary N) is 2. The van der Waals surface area contributed by atoms with Gasteiger partial charge in [-0.1, -0.05) is 12.1 Å². The summed E-state index contributed by atoms with van der Waals surface area (Å²) in [5.41, 5.74) is 1.68. The molecule has 1 aliphatic carbocycles. The molecule has 3 N–H and O–H groups in total. The van der Waals surface area contributed by atoms with Gasteiger partial charge in [0, 0.05) is 18.7 Å². The topological polar surface area (TPSA) is 65.9 Å². The maximum atomic E-state index is 10.2. The molecule has 24 heavy (non-hydrogen) atoms. The Morgan fingerprint density at radius 3 is 2.67 bits per heavy atom. The highest BCUT2D eigenvalue weighted by atomic mass is 16.5. The summed E-state index contributed by atoms with van der Waals surface area (Å²) >= 11 is 0. The van der Waals surface area contributed by atoms with E-state index in [9.17, 15) is 5.11 Å². The lowest BCUT2D eigenvalue weighted by atomic mass is 9.80. The normalized spacial score (nSPS) is 16.7. The molecule has 0 aromatic heterocycles. The molecule has 0 amide bonds. The van der Waals surface area contributed by atoms with E-state index in [0.717, 1.165) is 43.1 Å². The largest absolute Gasteiger partial charge is 0.491 e. The van der Waals surface area contributed by atoms with Gasteiger partial charge in [-0.2, -0.15) is 0 Å². The molecule has 1 fully saturated rings. The van der Waals surface area contributed by atoms with Crippen LogP contribution in [0.1, 0.15) is 51.2 Å². The fraction of sp³-hybridized carbons (Fsp3) is 0.632. The van der Waals surface area contributed by atoms with Gasteiger partial charge in [0.05, 0.1) is 18.2 Å². The van der Waals surface area contributed by atoms with Gasteiger partial charge in [0.15, 0.2) is 5.96 Å². The van der Waals surface area contributed by atoms with Crippen molar-refractivity contribution >= 4 is 5.96 Å². The lowest BCUT2D eigenvalue weighted by Crippen LogP contribution is -2.50. The van der Waals surface area contributed by atoms with Crippen molar-refractivity contribution in [2.24, 2.45) is 4.99 Å². The molecule has 0 unspecified atom stereocenters. The van der Waals surface area contributed by atoms with Gasteiger partial charge in [-0.25, -0.2) is 4.99 Å². The van der Waals surface area contributed by atoms with Crippen molar-refractivity contribution in [2.75, 3.05) is 13.1 Å². The minimum absolute atomic E-state index is 0.133. The number of hydrogen-bond acceptors (Lipinski definition) is 3. The molecular weight excluding hydrogens is 302 g/mol. The molecule has 0 heterocycles. The second-order valence-corrected chi connectivity index (χ2v) is 6.90. The molecule has 1 saturated carbocycles. The average molecular weight is 333 g/mol. The Labute approximate surface area is 145 Å². The van der Waals surface area contributed by atoms with E-state index < -0.39 is 5.60 Å². The summed E-state index contributed by atoms with van der Waals surface area (Å²) in [6.45, 7) is 10.0. The van der Waals surface area contributed by atoms with Crippen LogP contribution in [-0.2, 0) is 6.54 Å². The minimum atomic E-state index is -0.564. The van der Waals surface area contributed by atoms with Gasteiger partial charge < -0.3 is 20.5 Å². The smallest absolute Gasteiger partial charge is 0.191 e. The Kier molecular flexibility index (Phi) is 6.49. The van der Waals surface area contributed by atoms with Crippen molar-refractivity contribution in [3.8, 4) is 5.75 Å². The number of benzene rings is 1. The third-order valence-corrected chi connectivity index (χ3v) is 4.21. The van der Waals surface area contributed by atoms with E-state index in [4.69, 9.17) is 4.74 Å². The van der Waals surface area contributed by atoms with Crippen LogP contribution in [0.4, 0.5) is 0 Å². The van der Waals surface area contributed by atoms with Gasteiger partial charge in [-0.05, 0) is 58.6 Å². The standard InChI is InChI=1S/C19H31N3O2/c1-5-20-18(22-13-19(23)9-6-10-19)21-12-16-8-7-15(4)11-17(16)24-14(2)3/h7-8,11,14,23H,5-6,9-10,12-13H2,1-4H3,(H2,20,21,22). The first-order chi connectivity index (χ1) is 11.4. The van der Waals surface area contributed by atoms with Crippen molar-refractivity contribution < 1.29 is 9.84 Å². The van der Waals surface area contributed by atoms with Gasteiger partial charge in [0.25, 0.3) is 0 Å². The molecule has 5 nitrogen and oxygen atoms in total. The fourth-order valence-corrected chi connectivity index (χ4v) is 2.67. The van der Waals surface area contributed by atoms with Crippen LogP contribution in [0.5, 0.6) is 5.75 Å². The quantitative estimate of drug-likeness (QED) is 0.530. The van der Waals surface area contributed by atoms with E-state index in [2.05, 4.69) is 40.7 Å². The van der Waals surface area contributed by atoms with Gasteiger partial charge in [-0.3, -0.25) is 0 Å². The number of guanidine groups is 1. The Morgan fingerprint density at radius 1 is 1.33 bits per heavy atom. The van der Waals surface area contributed by atoms with Gasteiger partial charge in [-0.15, -0.1) is 0 Å². The van der Waals surface area contributed by atoms with Gasteiger partial charge in [0.2, 0.25) is 0 Å². The number of aliphatic hydroxyl groups is 1. The highest BCUT2D eigenvalue weighted by Crippen LogP contribution is 2.30. The van der Waals surface area contributed by atoms with Crippen molar-refractivity contribution in [3.05, 3.63) is 29.3 Å². The second kappa shape index (κ2) is 8.38. The van der Waals surface area contributed by atoms with E-state index >= 15 is 0 Å². The summed E-state index contributed by atoms with van der Waals surface area (Å²) < 4.78 is 5.91. The van der Waals surface area contributed by atoms with Crippen molar-refractivity contribution in [3.63, 3.8) is 0 Å². The highest BCUT2D eigenvalue weighted by molar-refractivity contribution is 5.79. The predicted molar refractivity (Wildman–Crippen MR) is 98.6 cm³/mol. The monoisotopic (exact) mass is 333 g/mol. The SMILES string of the molecule is CCNC(=NCc1ccc(C)cc1OC(C)C)NCC1(O)CCC1. The molecule has 0 saturated heterocycles. The van der Waals surface area contributed by atoms with Crippen molar-refractivity contribution in [1.82, 2.24) is 10.6 Å². The third kappa shape index (κ3) is 5.41. The summed E-state index contributed by atoms with van der Waals surface area (Å²) in [4.78, 5) is 4.65. The number of ether oxygens (including phenoxy) is 1. The van der Waals surface area contributed by atoms with E-state index in [0.29, 0.717) is 13.1 Å². The molecular formula is C19H31N3O2. The van der Waals surface area contributed by atoms with Gasteiger partial charge >= 0.3 is 0 Å². The summed E-state index contributed by atoms with van der Waals surface area (Å²) in [6, 6.07) is 6.21. The average Bonchev–Trinajstić information content (AvgIpc) is 2.49. The van der Waals surface area contributed by atoms with Crippen LogP contribution in [0.15, 0.2) is 23.2 Å². The molecule has 0 aliphatic heterocycles. The zero-order chi connectivity index (χ0) is 17.6. The second-order valence-electron chi connectivity index (χ2n) is 6.90. The van der Waals surface area contributed by atoms with Crippen molar-refractivity contribution in [1.29, 1.82) is 0 Å². The van der Waals surface area contributed by atoms with Crippen molar-refractivity contribution in [2.45, 2.75) is 65.2 Å². The first-order valence-electron chi connectivity index (χ1n) is 8.92.